The van der Waals surface area contributed by atoms with Gasteiger partial charge in [0.2, 0.25) is 0 Å². The Kier molecular flexibility index (Phi) is 14.9. The molecule has 0 bridgehead atoms. The van der Waals surface area contributed by atoms with Gasteiger partial charge in [-0.2, -0.15) is 0 Å². The molecule has 0 atom stereocenters. The molecule has 316 valence electrons. The summed E-state index contributed by atoms with van der Waals surface area (Å²) in [6.45, 7) is 0. The van der Waals surface area contributed by atoms with E-state index in [-0.39, 0.29) is 0 Å². The minimum Gasteiger partial charge on any atom is -0.507 e. The molecule has 4 heteroatoms. The molecule has 3 nitrogen and oxygen atoms in total. The molecule has 2 heterocycles. The highest BCUT2D eigenvalue weighted by atomic mass is 32.1. The Hall–Kier alpha value is -8.18. The van der Waals surface area contributed by atoms with Gasteiger partial charge in [-0.25, -0.2) is 0 Å². The van der Waals surface area contributed by atoms with Crippen molar-refractivity contribution in [1.29, 1.82) is 0 Å². The van der Waals surface area contributed by atoms with Crippen molar-refractivity contribution in [2.24, 2.45) is 0 Å². The summed E-state index contributed by atoms with van der Waals surface area (Å²) in [6, 6.07) is 89.6. The highest BCUT2D eigenvalue weighted by Gasteiger charge is 2.05. The van der Waals surface area contributed by atoms with Crippen LogP contribution in [-0.2, 0) is 0 Å². The smallest absolute Gasteiger partial charge is 0.135 e. The second-order valence-electron chi connectivity index (χ2n) is 14.9. The fourth-order valence-electron chi connectivity index (χ4n) is 7.45. The third-order valence-electron chi connectivity index (χ3n) is 10.6. The van der Waals surface area contributed by atoms with Gasteiger partial charge in [-0.3, -0.25) is 0 Å². The van der Waals surface area contributed by atoms with E-state index in [2.05, 4.69) is 127 Å². The van der Waals surface area contributed by atoms with Crippen LogP contribution in [0, 0.1) is 0 Å². The van der Waals surface area contributed by atoms with E-state index in [1.165, 1.54) is 47.6 Å². The minimum absolute atomic E-state index is 0.328. The van der Waals surface area contributed by atoms with Crippen molar-refractivity contribution < 1.29 is 14.3 Å². The number of phenols is 1. The van der Waals surface area contributed by atoms with E-state index < -0.39 is 0 Å². The normalized spacial score (nSPS) is 10.3. The van der Waals surface area contributed by atoms with E-state index >= 15 is 0 Å². The SMILES string of the molecule is COc1ccccc1-c1ccccc1.Oc1ccccc1-c1ccccc1.c1ccc(-c2ccccc2)cc1.c1ccc2c(c1)oc1ccccc12.c1ccc2c(c1)sc1ccccc12. The van der Waals surface area contributed by atoms with E-state index in [4.69, 9.17) is 9.15 Å². The summed E-state index contributed by atoms with van der Waals surface area (Å²) in [6.07, 6.45) is 0. The number of para-hydroxylation sites is 4. The third-order valence-corrected chi connectivity index (χ3v) is 11.8. The van der Waals surface area contributed by atoms with Crippen LogP contribution >= 0.6 is 11.3 Å². The molecule has 2 aromatic heterocycles. The average molecular weight is 861 g/mol. The second-order valence-corrected chi connectivity index (χ2v) is 16.0. The lowest BCUT2D eigenvalue weighted by molar-refractivity contribution is 0.416. The zero-order valence-corrected chi connectivity index (χ0v) is 36.9. The number of thiophene rings is 1. The van der Waals surface area contributed by atoms with Gasteiger partial charge < -0.3 is 14.3 Å². The molecule has 12 aromatic rings. The van der Waals surface area contributed by atoms with Gasteiger partial charge in [-0.15, -0.1) is 11.3 Å². The van der Waals surface area contributed by atoms with Crippen molar-refractivity contribution in [3.05, 3.63) is 267 Å². The molecule has 0 saturated carbocycles. The Morgan fingerprint density at radius 3 is 1.12 bits per heavy atom. The maximum atomic E-state index is 9.56. The molecular formula is C61H48O3S. The zero-order chi connectivity index (χ0) is 44.5. The first-order valence-electron chi connectivity index (χ1n) is 21.5. The largest absolute Gasteiger partial charge is 0.507 e. The van der Waals surface area contributed by atoms with Crippen LogP contribution in [0.15, 0.2) is 271 Å². The third kappa shape index (κ3) is 11.3. The molecule has 1 N–H and O–H groups in total. The molecular weight excluding hydrogens is 813 g/mol. The van der Waals surface area contributed by atoms with Crippen LogP contribution in [0.25, 0.3) is 75.5 Å². The average Bonchev–Trinajstić information content (AvgIpc) is 3.97. The van der Waals surface area contributed by atoms with Gasteiger partial charge in [-0.1, -0.05) is 231 Å². The number of aromatic hydroxyl groups is 1. The molecule has 0 fully saturated rings. The topological polar surface area (TPSA) is 42.6 Å². The first kappa shape index (κ1) is 43.5. The van der Waals surface area contributed by atoms with Crippen LogP contribution in [0.1, 0.15) is 0 Å². The van der Waals surface area contributed by atoms with Gasteiger partial charge >= 0.3 is 0 Å². The highest BCUT2D eigenvalue weighted by molar-refractivity contribution is 7.25. The predicted molar refractivity (Wildman–Crippen MR) is 277 cm³/mol. The maximum absolute atomic E-state index is 9.56. The summed E-state index contributed by atoms with van der Waals surface area (Å²) in [5, 5.41) is 14.7. The van der Waals surface area contributed by atoms with Gasteiger partial charge in [0.15, 0.2) is 0 Å². The Labute approximate surface area is 384 Å². The second kappa shape index (κ2) is 22.3. The number of fused-ring (bicyclic) bond motifs is 6. The van der Waals surface area contributed by atoms with Crippen LogP contribution < -0.4 is 4.74 Å². The highest BCUT2D eigenvalue weighted by Crippen LogP contribution is 2.33. The molecule has 0 aliphatic carbocycles. The lowest BCUT2D eigenvalue weighted by Crippen LogP contribution is -1.86. The first-order valence-corrected chi connectivity index (χ1v) is 22.3. The molecule has 65 heavy (non-hydrogen) atoms. The summed E-state index contributed by atoms with van der Waals surface area (Å²) >= 11 is 1.86. The Balaban J connectivity index is 0.000000111. The predicted octanol–water partition coefficient (Wildman–Crippen LogP) is 17.4. The van der Waals surface area contributed by atoms with E-state index in [1.54, 1.807) is 13.2 Å². The quantitative estimate of drug-likeness (QED) is 0.192. The van der Waals surface area contributed by atoms with E-state index in [0.717, 1.165) is 33.6 Å². The standard InChI is InChI=1S/C13H12O.C12H8O.C12H10O.C12H8S.C12H10/c1-14-13-10-6-5-9-12(13)11-7-3-2-4-8-11;1-3-7-11-9(5-1)10-6-2-4-8-12(10)13-11;13-12-9-5-4-8-11(12)10-6-2-1-3-7-10;1-3-7-11-9(5-1)10-6-2-4-8-12(10)13-11;1-3-7-11(8-4-1)12-9-5-2-6-10-12/h2-10H,1H3;1-8H;1-9,13H;1-8H;1-10H. The molecule has 0 aliphatic heterocycles. The molecule has 0 aliphatic rings. The molecule has 12 rings (SSSR count). The number of methoxy groups -OCH3 is 1. The summed E-state index contributed by atoms with van der Waals surface area (Å²) in [4.78, 5) is 0. The first-order chi connectivity index (χ1) is 32.2. The van der Waals surface area contributed by atoms with Crippen LogP contribution in [0.5, 0.6) is 11.5 Å². The van der Waals surface area contributed by atoms with Gasteiger partial charge in [0.05, 0.1) is 7.11 Å². The number of phenolic OH excluding ortho intramolecular Hbond substituents is 1. The van der Waals surface area contributed by atoms with Crippen molar-refractivity contribution in [1.82, 2.24) is 0 Å². The number of rotatable bonds is 4. The Morgan fingerprint density at radius 1 is 0.323 bits per heavy atom. The van der Waals surface area contributed by atoms with Crippen molar-refractivity contribution in [2.45, 2.75) is 0 Å². The van der Waals surface area contributed by atoms with Gasteiger partial charge in [-0.05, 0) is 58.7 Å². The lowest BCUT2D eigenvalue weighted by atomic mass is 10.1. The number of hydrogen-bond acceptors (Lipinski definition) is 4. The van der Waals surface area contributed by atoms with Gasteiger partial charge in [0.25, 0.3) is 0 Å². The van der Waals surface area contributed by atoms with Crippen LogP contribution in [0.3, 0.4) is 0 Å². The summed E-state index contributed by atoms with van der Waals surface area (Å²) in [5.74, 6) is 1.24. The molecule has 0 saturated heterocycles. The van der Waals surface area contributed by atoms with Crippen LogP contribution in [-0.4, -0.2) is 12.2 Å². The summed E-state index contributed by atoms with van der Waals surface area (Å²) < 4.78 is 13.7. The molecule has 0 spiro atoms. The summed E-state index contributed by atoms with van der Waals surface area (Å²) in [7, 11) is 1.70. The van der Waals surface area contributed by atoms with Crippen molar-refractivity contribution in [3.63, 3.8) is 0 Å². The van der Waals surface area contributed by atoms with Crippen molar-refractivity contribution in [2.75, 3.05) is 7.11 Å². The number of ether oxygens (including phenoxy) is 1. The Morgan fingerprint density at radius 2 is 0.662 bits per heavy atom. The van der Waals surface area contributed by atoms with Crippen LogP contribution in [0.2, 0.25) is 0 Å². The fourth-order valence-corrected chi connectivity index (χ4v) is 8.55. The molecule has 0 amide bonds. The van der Waals surface area contributed by atoms with Crippen molar-refractivity contribution >= 4 is 53.4 Å². The monoisotopic (exact) mass is 860 g/mol. The van der Waals surface area contributed by atoms with Crippen LogP contribution in [0.4, 0.5) is 0 Å². The van der Waals surface area contributed by atoms with E-state index in [1.807, 2.05) is 145 Å². The fraction of sp³-hybridized carbons (Fsp3) is 0.0164. The molecule has 10 aromatic carbocycles. The molecule has 0 unspecified atom stereocenters. The number of furan rings is 1. The van der Waals surface area contributed by atoms with E-state index in [0.29, 0.717) is 5.75 Å². The zero-order valence-electron chi connectivity index (χ0n) is 36.1. The maximum Gasteiger partial charge on any atom is 0.135 e. The Bertz CT molecular complexity index is 3060. The number of benzene rings is 10. The summed E-state index contributed by atoms with van der Waals surface area (Å²) in [5.41, 5.74) is 8.72. The van der Waals surface area contributed by atoms with Crippen molar-refractivity contribution in [3.8, 4) is 44.9 Å². The number of hydrogen-bond donors (Lipinski definition) is 1. The lowest BCUT2D eigenvalue weighted by Gasteiger charge is -2.07. The molecule has 0 radical (unpaired) electrons. The van der Waals surface area contributed by atoms with Gasteiger partial charge in [0, 0.05) is 42.1 Å². The van der Waals surface area contributed by atoms with Gasteiger partial charge in [0.1, 0.15) is 22.7 Å². The minimum atomic E-state index is 0.328. The van der Waals surface area contributed by atoms with E-state index in [9.17, 15) is 5.11 Å².